The zero-order valence-corrected chi connectivity index (χ0v) is 23.8. The fraction of sp³-hybridized carbons (Fsp3) is 0.577. The van der Waals surface area contributed by atoms with Crippen LogP contribution in [0.1, 0.15) is 49.3 Å². The fourth-order valence-corrected chi connectivity index (χ4v) is 5.04. The number of hydrogen-bond acceptors (Lipinski definition) is 8. The Labute approximate surface area is 237 Å². The first-order chi connectivity index (χ1) is 18.9. The van der Waals surface area contributed by atoms with Gasteiger partial charge in [-0.3, -0.25) is 19.8 Å². The molecule has 2 heterocycles. The second-order valence-corrected chi connectivity index (χ2v) is 11.0. The van der Waals surface area contributed by atoms with Crippen molar-refractivity contribution in [2.45, 2.75) is 76.6 Å². The molecule has 222 valence electrons. The first-order valence-corrected chi connectivity index (χ1v) is 14.1. The largest absolute Gasteiger partial charge is 0.480 e. The number of aliphatic carboxylic acids is 1. The van der Waals surface area contributed by atoms with Crippen LogP contribution in [0.3, 0.4) is 0 Å². The van der Waals surface area contributed by atoms with Gasteiger partial charge in [-0.1, -0.05) is 18.6 Å². The summed E-state index contributed by atoms with van der Waals surface area (Å²) in [5.74, 6) is -2.70. The molecule has 4 atom stereocenters. The molecular weight excluding hydrogens is 538 g/mol. The molecule has 0 bridgehead atoms. The van der Waals surface area contributed by atoms with Gasteiger partial charge in [0.05, 0.1) is 6.10 Å². The van der Waals surface area contributed by atoms with Crippen molar-refractivity contribution in [1.82, 2.24) is 20.9 Å². The minimum Gasteiger partial charge on any atom is -0.480 e. The van der Waals surface area contributed by atoms with E-state index in [1.54, 1.807) is 4.90 Å². The Morgan fingerprint density at radius 1 is 1.10 bits per heavy atom. The van der Waals surface area contributed by atoms with Gasteiger partial charge in [0.15, 0.2) is 5.96 Å². The summed E-state index contributed by atoms with van der Waals surface area (Å²) < 4.78 is 0. The number of rotatable bonds is 16. The first-order valence-electron chi connectivity index (χ1n) is 13.3. The Kier molecular flexibility index (Phi) is 13.0. The molecular formula is C26H41N7O6S. The minimum absolute atomic E-state index is 0.0942. The molecule has 0 saturated heterocycles. The molecule has 10 N–H and O–H groups in total. The lowest BCUT2D eigenvalue weighted by molar-refractivity contribution is -0.141. The molecule has 0 spiro atoms. The van der Waals surface area contributed by atoms with Crippen molar-refractivity contribution in [1.29, 1.82) is 5.41 Å². The molecule has 1 aliphatic heterocycles. The number of hydrogen-bond donors (Lipinski definition) is 8. The minimum atomic E-state index is -1.21. The van der Waals surface area contributed by atoms with Crippen LogP contribution >= 0.6 is 11.3 Å². The summed E-state index contributed by atoms with van der Waals surface area (Å²) >= 11 is 1.53. The molecule has 14 heteroatoms. The van der Waals surface area contributed by atoms with Crippen LogP contribution in [0.25, 0.3) is 0 Å². The Bertz CT molecular complexity index is 1090. The van der Waals surface area contributed by atoms with Gasteiger partial charge >= 0.3 is 5.97 Å². The third-order valence-corrected chi connectivity index (χ3v) is 7.74. The first kappa shape index (κ1) is 32.7. The molecule has 0 saturated carbocycles. The number of amides is 3. The third kappa shape index (κ3) is 10.6. The van der Waals surface area contributed by atoms with Gasteiger partial charge in [0.25, 0.3) is 0 Å². The zero-order chi connectivity index (χ0) is 29.8. The van der Waals surface area contributed by atoms with Crippen LogP contribution in [0, 0.1) is 5.41 Å². The Balaban J connectivity index is 1.82. The Morgan fingerprint density at radius 3 is 2.38 bits per heavy atom. The molecule has 1 aliphatic rings. The predicted molar refractivity (Wildman–Crippen MR) is 152 cm³/mol. The summed E-state index contributed by atoms with van der Waals surface area (Å²) in [7, 11) is 0. The predicted octanol–water partition coefficient (Wildman–Crippen LogP) is -0.573. The summed E-state index contributed by atoms with van der Waals surface area (Å²) in [6.45, 7) is 4.42. The van der Waals surface area contributed by atoms with E-state index in [4.69, 9.17) is 16.9 Å². The Morgan fingerprint density at radius 2 is 1.80 bits per heavy atom. The fourth-order valence-electron chi connectivity index (χ4n) is 4.04. The normalized spacial score (nSPS) is 15.9. The maximum Gasteiger partial charge on any atom is 0.326 e. The number of nitrogens with one attached hydrogen (secondary N) is 4. The van der Waals surface area contributed by atoms with Crippen molar-refractivity contribution in [2.24, 2.45) is 11.5 Å². The van der Waals surface area contributed by atoms with E-state index < -0.39 is 42.0 Å². The second kappa shape index (κ2) is 15.9. The van der Waals surface area contributed by atoms with E-state index in [0.29, 0.717) is 25.9 Å². The topological polar surface area (TPSA) is 224 Å². The molecule has 1 aromatic rings. The maximum absolute atomic E-state index is 12.9. The molecule has 0 aliphatic carbocycles. The Hall–Kier alpha value is -3.49. The highest BCUT2D eigenvalue weighted by molar-refractivity contribution is 7.12. The lowest BCUT2D eigenvalue weighted by atomic mass is 10.0. The van der Waals surface area contributed by atoms with Crippen LogP contribution < -0.4 is 27.4 Å². The quantitative estimate of drug-likeness (QED) is 0.0542. The number of unbranched alkanes of at least 4 members (excludes halogenated alkanes) is 1. The van der Waals surface area contributed by atoms with Crippen LogP contribution in [-0.2, 0) is 32.0 Å². The summed E-state index contributed by atoms with van der Waals surface area (Å²) in [5.41, 5.74) is 12.1. The summed E-state index contributed by atoms with van der Waals surface area (Å²) in [4.78, 5) is 53.0. The van der Waals surface area contributed by atoms with Gasteiger partial charge in [-0.15, -0.1) is 11.3 Å². The van der Waals surface area contributed by atoms with Gasteiger partial charge in [0.2, 0.25) is 17.7 Å². The number of nitrogens with two attached hydrogens (primary N) is 2. The molecule has 3 amide bonds. The van der Waals surface area contributed by atoms with E-state index in [9.17, 15) is 29.4 Å². The molecule has 40 heavy (non-hydrogen) atoms. The van der Waals surface area contributed by atoms with Crippen molar-refractivity contribution >= 4 is 41.0 Å². The average Bonchev–Trinajstić information content (AvgIpc) is 3.56. The van der Waals surface area contributed by atoms with Crippen molar-refractivity contribution in [3.63, 3.8) is 0 Å². The van der Waals surface area contributed by atoms with Crippen molar-refractivity contribution < 1.29 is 29.4 Å². The summed E-state index contributed by atoms with van der Waals surface area (Å²) in [5, 5.41) is 34.6. The molecule has 2 rings (SSSR count). The number of nitrogens with zero attached hydrogens (tertiary/aromatic N) is 1. The third-order valence-electron chi connectivity index (χ3n) is 6.49. The number of aryl methyl sites for hydroxylation is 1. The highest BCUT2D eigenvalue weighted by Crippen LogP contribution is 2.19. The zero-order valence-electron chi connectivity index (χ0n) is 22.9. The molecule has 0 aromatic carbocycles. The molecule has 4 unspecified atom stereocenters. The number of guanidine groups is 1. The van der Waals surface area contributed by atoms with E-state index in [1.165, 1.54) is 18.3 Å². The average molecular weight is 580 g/mol. The number of carboxylic acids is 1. The van der Waals surface area contributed by atoms with Crippen molar-refractivity contribution in [3.8, 4) is 0 Å². The maximum atomic E-state index is 12.9. The second-order valence-electron chi connectivity index (χ2n) is 9.79. The summed E-state index contributed by atoms with van der Waals surface area (Å²) in [6, 6.07) is 0.656. The lowest BCUT2D eigenvalue weighted by Crippen LogP contribution is -2.54. The van der Waals surface area contributed by atoms with E-state index in [1.807, 2.05) is 25.1 Å². The standard InChI is InChI=1S/C26H41N7O6S/c1-3-17-7-8-18(40-17)13-20(25(38)39)31-21(35)6-4-5-10-30-23(36)19(32-24(37)22(27)15(2)34)12-16-9-11-33(14-16)26(28)29/h7-9,15,19-20,22,34H,3-6,10-14,27H2,1-2H3,(H3,28,29)(H,30,36)(H,31,35)(H,32,37)(H,38,39). The van der Waals surface area contributed by atoms with Gasteiger partial charge in [-0.2, -0.15) is 0 Å². The number of carbonyl (C=O) groups is 4. The van der Waals surface area contributed by atoms with Gasteiger partial charge in [0.1, 0.15) is 18.1 Å². The van der Waals surface area contributed by atoms with E-state index >= 15 is 0 Å². The van der Waals surface area contributed by atoms with Crippen LogP contribution in [0.15, 0.2) is 23.8 Å². The van der Waals surface area contributed by atoms with Crippen LogP contribution in [0.5, 0.6) is 0 Å². The van der Waals surface area contributed by atoms with E-state index in [0.717, 1.165) is 21.7 Å². The summed E-state index contributed by atoms with van der Waals surface area (Å²) in [6.07, 6.45) is 2.97. The highest BCUT2D eigenvalue weighted by atomic mass is 32.1. The number of aliphatic hydroxyl groups is 1. The van der Waals surface area contributed by atoms with Gasteiger partial charge < -0.3 is 42.5 Å². The highest BCUT2D eigenvalue weighted by Gasteiger charge is 2.28. The van der Waals surface area contributed by atoms with Gasteiger partial charge in [-0.25, -0.2) is 4.79 Å². The number of thiophene rings is 1. The number of carboxylic acid groups (broad SMARTS) is 1. The van der Waals surface area contributed by atoms with E-state index in [-0.39, 0.29) is 37.7 Å². The molecule has 0 fully saturated rings. The smallest absolute Gasteiger partial charge is 0.326 e. The van der Waals surface area contributed by atoms with Crippen molar-refractivity contribution in [2.75, 3.05) is 19.6 Å². The molecule has 1 aromatic heterocycles. The van der Waals surface area contributed by atoms with Crippen LogP contribution in [0.4, 0.5) is 0 Å². The van der Waals surface area contributed by atoms with Crippen LogP contribution in [-0.4, -0.2) is 88.6 Å². The monoisotopic (exact) mass is 579 g/mol. The molecule has 0 radical (unpaired) electrons. The van der Waals surface area contributed by atoms with Crippen LogP contribution in [0.2, 0.25) is 0 Å². The van der Waals surface area contributed by atoms with Crippen molar-refractivity contribution in [3.05, 3.63) is 33.5 Å². The number of aliphatic hydroxyl groups excluding tert-OH is 1. The van der Waals surface area contributed by atoms with Gasteiger partial charge in [0, 0.05) is 42.2 Å². The van der Waals surface area contributed by atoms with Gasteiger partial charge in [-0.05, 0) is 44.7 Å². The van der Waals surface area contributed by atoms with E-state index in [2.05, 4.69) is 16.0 Å². The molecule has 13 nitrogen and oxygen atoms in total. The number of carbonyl (C=O) groups excluding carboxylic acids is 3. The lowest BCUT2D eigenvalue weighted by Gasteiger charge is -2.23. The SMILES string of the molecule is CCc1ccc(CC(NC(=O)CCCCNC(=O)C(CC2=CCN(C(=N)N)C2)NC(=O)C(N)C(C)O)C(=O)O)s1.